The van der Waals surface area contributed by atoms with Crippen LogP contribution in [-0.4, -0.2) is 17.6 Å². The minimum absolute atomic E-state index is 0.227. The standard InChI is InChI=1S/C12H14BrCl2NO2/c13-8-5-6-9(12(15)11(8)14)16-7-3-1-2-4-10(17)18/h5-6,16H,1-4,7H2,(H,17,18). The summed E-state index contributed by atoms with van der Waals surface area (Å²) in [6.45, 7) is 0.747. The Morgan fingerprint density at radius 3 is 2.61 bits per heavy atom. The zero-order valence-corrected chi connectivity index (χ0v) is 12.8. The van der Waals surface area contributed by atoms with Crippen LogP contribution in [0.2, 0.25) is 10.0 Å². The molecule has 0 aliphatic carbocycles. The van der Waals surface area contributed by atoms with Gasteiger partial charge in [0.15, 0.2) is 0 Å². The van der Waals surface area contributed by atoms with E-state index < -0.39 is 5.97 Å². The van der Waals surface area contributed by atoms with Crippen molar-refractivity contribution < 1.29 is 9.90 Å². The summed E-state index contributed by atoms with van der Waals surface area (Å²) in [6.07, 6.45) is 2.70. The molecule has 0 saturated heterocycles. The first-order chi connectivity index (χ1) is 8.52. The van der Waals surface area contributed by atoms with Crippen LogP contribution in [0.5, 0.6) is 0 Å². The second-order valence-corrected chi connectivity index (χ2v) is 5.46. The van der Waals surface area contributed by atoms with Crippen molar-refractivity contribution in [1.82, 2.24) is 0 Å². The van der Waals surface area contributed by atoms with Crippen molar-refractivity contribution >= 4 is 50.8 Å². The summed E-state index contributed by atoms with van der Waals surface area (Å²) in [5.74, 6) is -0.745. The molecular weight excluding hydrogens is 341 g/mol. The SMILES string of the molecule is O=C(O)CCCCCNc1ccc(Br)c(Cl)c1Cl. The van der Waals surface area contributed by atoms with Crippen LogP contribution in [0.3, 0.4) is 0 Å². The lowest BCUT2D eigenvalue weighted by Gasteiger charge is -2.10. The zero-order valence-electron chi connectivity index (χ0n) is 9.68. The van der Waals surface area contributed by atoms with Gasteiger partial charge in [-0.1, -0.05) is 29.6 Å². The van der Waals surface area contributed by atoms with Crippen molar-refractivity contribution in [1.29, 1.82) is 0 Å². The second-order valence-electron chi connectivity index (χ2n) is 3.85. The molecule has 0 bridgehead atoms. The Kier molecular flexibility index (Phi) is 6.82. The molecule has 0 aliphatic heterocycles. The van der Waals surface area contributed by atoms with Gasteiger partial charge in [0.2, 0.25) is 0 Å². The highest BCUT2D eigenvalue weighted by Crippen LogP contribution is 2.35. The van der Waals surface area contributed by atoms with Gasteiger partial charge in [-0.3, -0.25) is 4.79 Å². The molecule has 0 saturated carbocycles. The monoisotopic (exact) mass is 353 g/mol. The van der Waals surface area contributed by atoms with E-state index in [0.717, 1.165) is 29.5 Å². The number of carboxylic acid groups (broad SMARTS) is 1. The summed E-state index contributed by atoms with van der Waals surface area (Å²) < 4.78 is 0.765. The molecule has 1 aromatic carbocycles. The number of carboxylic acids is 1. The number of aliphatic carboxylic acids is 1. The van der Waals surface area contributed by atoms with E-state index in [2.05, 4.69) is 21.2 Å². The molecule has 0 aliphatic rings. The minimum atomic E-state index is -0.745. The van der Waals surface area contributed by atoms with Crippen LogP contribution in [0.15, 0.2) is 16.6 Å². The summed E-state index contributed by atoms with van der Waals surface area (Å²) in [4.78, 5) is 10.3. The van der Waals surface area contributed by atoms with Gasteiger partial charge in [-0.25, -0.2) is 0 Å². The van der Waals surface area contributed by atoms with Crippen molar-refractivity contribution in [2.45, 2.75) is 25.7 Å². The lowest BCUT2D eigenvalue weighted by Crippen LogP contribution is -2.03. The summed E-state index contributed by atoms with van der Waals surface area (Å²) in [6, 6.07) is 3.69. The van der Waals surface area contributed by atoms with E-state index in [9.17, 15) is 4.79 Å². The molecule has 0 aromatic heterocycles. The average Bonchev–Trinajstić information content (AvgIpc) is 2.33. The fourth-order valence-electron chi connectivity index (χ4n) is 1.46. The third-order valence-electron chi connectivity index (χ3n) is 2.42. The van der Waals surface area contributed by atoms with Gasteiger partial charge < -0.3 is 10.4 Å². The van der Waals surface area contributed by atoms with Gasteiger partial charge in [-0.05, 0) is 40.9 Å². The fourth-order valence-corrected chi connectivity index (χ4v) is 2.30. The first-order valence-electron chi connectivity index (χ1n) is 5.61. The molecule has 0 fully saturated rings. The number of benzene rings is 1. The minimum Gasteiger partial charge on any atom is -0.481 e. The molecule has 1 rings (SSSR count). The van der Waals surface area contributed by atoms with Crippen molar-refractivity contribution in [2.75, 3.05) is 11.9 Å². The molecule has 0 amide bonds. The average molecular weight is 355 g/mol. The van der Waals surface area contributed by atoms with Gasteiger partial charge in [0.25, 0.3) is 0 Å². The van der Waals surface area contributed by atoms with E-state index in [1.807, 2.05) is 12.1 Å². The number of unbranched alkanes of at least 4 members (excludes halogenated alkanes) is 2. The third kappa shape index (κ3) is 5.04. The van der Waals surface area contributed by atoms with E-state index in [1.165, 1.54) is 0 Å². The summed E-state index contributed by atoms with van der Waals surface area (Å²) >= 11 is 15.4. The number of rotatable bonds is 7. The number of halogens is 3. The number of carbonyl (C=O) groups is 1. The Morgan fingerprint density at radius 2 is 1.94 bits per heavy atom. The van der Waals surface area contributed by atoms with Crippen molar-refractivity contribution in [3.63, 3.8) is 0 Å². The molecule has 100 valence electrons. The molecule has 0 atom stereocenters. The molecule has 0 spiro atoms. The molecule has 0 heterocycles. The Bertz CT molecular complexity index is 427. The van der Waals surface area contributed by atoms with Crippen LogP contribution in [-0.2, 0) is 4.79 Å². The van der Waals surface area contributed by atoms with Crippen molar-refractivity contribution in [2.24, 2.45) is 0 Å². The van der Waals surface area contributed by atoms with E-state index >= 15 is 0 Å². The summed E-state index contributed by atoms with van der Waals surface area (Å²) in [7, 11) is 0. The molecule has 2 N–H and O–H groups in total. The van der Waals surface area contributed by atoms with E-state index in [0.29, 0.717) is 16.5 Å². The number of anilines is 1. The largest absolute Gasteiger partial charge is 0.481 e. The maximum atomic E-state index is 10.3. The predicted molar refractivity (Wildman–Crippen MR) is 78.8 cm³/mol. The zero-order chi connectivity index (χ0) is 13.5. The quantitative estimate of drug-likeness (QED) is 0.545. The Hall–Kier alpha value is -0.450. The maximum Gasteiger partial charge on any atom is 0.303 e. The summed E-state index contributed by atoms with van der Waals surface area (Å²) in [5, 5.41) is 12.7. The van der Waals surface area contributed by atoms with Gasteiger partial charge in [-0.15, -0.1) is 0 Å². The van der Waals surface area contributed by atoms with Gasteiger partial charge in [0, 0.05) is 17.4 Å². The van der Waals surface area contributed by atoms with Crippen LogP contribution in [0.25, 0.3) is 0 Å². The number of hydrogen-bond acceptors (Lipinski definition) is 2. The van der Waals surface area contributed by atoms with E-state index in [-0.39, 0.29) is 6.42 Å². The van der Waals surface area contributed by atoms with Crippen molar-refractivity contribution in [3.8, 4) is 0 Å². The molecule has 0 radical (unpaired) electrons. The second kappa shape index (κ2) is 7.87. The van der Waals surface area contributed by atoms with Gasteiger partial charge in [-0.2, -0.15) is 0 Å². The molecule has 18 heavy (non-hydrogen) atoms. The van der Waals surface area contributed by atoms with Gasteiger partial charge in [0.05, 0.1) is 15.7 Å². The van der Waals surface area contributed by atoms with Gasteiger partial charge >= 0.3 is 5.97 Å². The maximum absolute atomic E-state index is 10.3. The lowest BCUT2D eigenvalue weighted by molar-refractivity contribution is -0.137. The van der Waals surface area contributed by atoms with Crippen LogP contribution < -0.4 is 5.32 Å². The van der Waals surface area contributed by atoms with Crippen LogP contribution in [0.1, 0.15) is 25.7 Å². The molecular formula is C12H14BrCl2NO2. The fraction of sp³-hybridized carbons (Fsp3) is 0.417. The predicted octanol–water partition coefficient (Wildman–Crippen LogP) is 4.81. The Labute approximate surface area is 125 Å². The summed E-state index contributed by atoms with van der Waals surface area (Å²) in [5.41, 5.74) is 0.795. The van der Waals surface area contributed by atoms with Gasteiger partial charge in [0.1, 0.15) is 0 Å². The molecule has 1 aromatic rings. The Balaban J connectivity index is 2.32. The van der Waals surface area contributed by atoms with Crippen LogP contribution in [0.4, 0.5) is 5.69 Å². The normalized spacial score (nSPS) is 10.4. The lowest BCUT2D eigenvalue weighted by atomic mass is 10.2. The number of hydrogen-bond donors (Lipinski definition) is 2. The first kappa shape index (κ1) is 15.6. The Morgan fingerprint density at radius 1 is 1.22 bits per heavy atom. The van der Waals surface area contributed by atoms with E-state index in [4.69, 9.17) is 28.3 Å². The first-order valence-corrected chi connectivity index (χ1v) is 7.16. The topological polar surface area (TPSA) is 49.3 Å². The van der Waals surface area contributed by atoms with E-state index in [1.54, 1.807) is 0 Å². The third-order valence-corrected chi connectivity index (χ3v) is 4.19. The highest BCUT2D eigenvalue weighted by atomic mass is 79.9. The highest BCUT2D eigenvalue weighted by Gasteiger charge is 2.07. The number of nitrogens with one attached hydrogen (secondary N) is 1. The van der Waals surface area contributed by atoms with Crippen molar-refractivity contribution in [3.05, 3.63) is 26.7 Å². The van der Waals surface area contributed by atoms with Crippen LogP contribution >= 0.6 is 39.1 Å². The molecule has 6 heteroatoms. The molecule has 3 nitrogen and oxygen atoms in total. The smallest absolute Gasteiger partial charge is 0.303 e. The molecule has 0 unspecified atom stereocenters. The highest BCUT2D eigenvalue weighted by molar-refractivity contribution is 9.10. The van der Waals surface area contributed by atoms with Crippen LogP contribution in [0, 0.1) is 0 Å².